The van der Waals surface area contributed by atoms with Crippen LogP contribution >= 0.6 is 11.6 Å². The van der Waals surface area contributed by atoms with Gasteiger partial charge >= 0.3 is 0 Å². The van der Waals surface area contributed by atoms with Crippen LogP contribution in [0.4, 0.5) is 0 Å². The van der Waals surface area contributed by atoms with Gasteiger partial charge in [0.1, 0.15) is 23.0 Å². The van der Waals surface area contributed by atoms with Crippen LogP contribution in [-0.2, 0) is 10.0 Å². The molecule has 5 nitrogen and oxygen atoms in total. The lowest BCUT2D eigenvalue weighted by molar-refractivity contribution is 0.286. The summed E-state index contributed by atoms with van der Waals surface area (Å²) in [5.74, 6) is 0.913. The minimum atomic E-state index is -3.64. The SMILES string of the molecule is COc1ccccc1S(=O)(=O)N(C)CCOc1cccc(Cl)c1. The van der Waals surface area contributed by atoms with E-state index in [1.807, 2.05) is 0 Å². The van der Waals surface area contributed by atoms with Crippen LogP contribution in [0.1, 0.15) is 0 Å². The summed E-state index contributed by atoms with van der Waals surface area (Å²) in [6, 6.07) is 13.5. The number of para-hydroxylation sites is 1. The molecule has 0 aliphatic rings. The molecule has 124 valence electrons. The summed E-state index contributed by atoms with van der Waals surface area (Å²) >= 11 is 5.87. The molecule has 0 bridgehead atoms. The van der Waals surface area contributed by atoms with Gasteiger partial charge in [0.2, 0.25) is 10.0 Å². The predicted molar refractivity (Wildman–Crippen MR) is 89.8 cm³/mol. The summed E-state index contributed by atoms with van der Waals surface area (Å²) in [4.78, 5) is 0.132. The smallest absolute Gasteiger partial charge is 0.246 e. The molecular formula is C16H18ClNO4S. The molecule has 0 unspecified atom stereocenters. The Morgan fingerprint density at radius 1 is 1.13 bits per heavy atom. The highest BCUT2D eigenvalue weighted by atomic mass is 35.5. The second kappa shape index (κ2) is 7.68. The minimum absolute atomic E-state index is 0.132. The molecule has 0 saturated heterocycles. The van der Waals surface area contributed by atoms with Gasteiger partial charge in [-0.2, -0.15) is 4.31 Å². The van der Waals surface area contributed by atoms with Crippen molar-refractivity contribution in [1.82, 2.24) is 4.31 Å². The van der Waals surface area contributed by atoms with E-state index >= 15 is 0 Å². The van der Waals surface area contributed by atoms with E-state index in [4.69, 9.17) is 21.1 Å². The van der Waals surface area contributed by atoms with Crippen molar-refractivity contribution in [2.75, 3.05) is 27.3 Å². The Kier molecular flexibility index (Phi) is 5.87. The molecular weight excluding hydrogens is 338 g/mol. The Morgan fingerprint density at radius 2 is 1.87 bits per heavy atom. The van der Waals surface area contributed by atoms with E-state index in [2.05, 4.69) is 0 Å². The molecule has 0 aromatic heterocycles. The number of rotatable bonds is 7. The number of sulfonamides is 1. The summed E-state index contributed by atoms with van der Waals surface area (Å²) in [5, 5.41) is 0.567. The van der Waals surface area contributed by atoms with Crippen molar-refractivity contribution >= 4 is 21.6 Å². The third-order valence-electron chi connectivity index (χ3n) is 3.23. The van der Waals surface area contributed by atoms with E-state index in [9.17, 15) is 8.42 Å². The molecule has 0 radical (unpaired) electrons. The first-order valence-electron chi connectivity index (χ1n) is 6.93. The molecule has 0 fully saturated rings. The zero-order valence-electron chi connectivity index (χ0n) is 12.9. The van der Waals surface area contributed by atoms with Gasteiger partial charge in [0, 0.05) is 18.6 Å². The maximum absolute atomic E-state index is 12.6. The highest BCUT2D eigenvalue weighted by Crippen LogP contribution is 2.25. The first-order chi connectivity index (χ1) is 10.9. The van der Waals surface area contributed by atoms with Crippen molar-refractivity contribution in [2.45, 2.75) is 4.90 Å². The summed E-state index contributed by atoms with van der Waals surface area (Å²) in [5.41, 5.74) is 0. The van der Waals surface area contributed by atoms with E-state index in [1.54, 1.807) is 42.5 Å². The maximum Gasteiger partial charge on any atom is 0.246 e. The lowest BCUT2D eigenvalue weighted by atomic mass is 10.3. The number of methoxy groups -OCH3 is 1. The van der Waals surface area contributed by atoms with Crippen LogP contribution in [0.5, 0.6) is 11.5 Å². The van der Waals surface area contributed by atoms with Gasteiger partial charge in [-0.25, -0.2) is 8.42 Å². The van der Waals surface area contributed by atoms with Crippen LogP contribution in [0.15, 0.2) is 53.4 Å². The number of benzene rings is 2. The van der Waals surface area contributed by atoms with Crippen LogP contribution in [0, 0.1) is 0 Å². The average molecular weight is 356 g/mol. The number of hydrogen-bond acceptors (Lipinski definition) is 4. The number of nitrogens with zero attached hydrogens (tertiary/aromatic N) is 1. The number of ether oxygens (including phenoxy) is 2. The highest BCUT2D eigenvalue weighted by Gasteiger charge is 2.24. The third-order valence-corrected chi connectivity index (χ3v) is 5.36. The lowest BCUT2D eigenvalue weighted by Gasteiger charge is -2.19. The third kappa shape index (κ3) is 4.37. The van der Waals surface area contributed by atoms with Gasteiger partial charge in [0.05, 0.1) is 7.11 Å². The summed E-state index contributed by atoms with van der Waals surface area (Å²) in [7, 11) is -0.698. The zero-order chi connectivity index (χ0) is 16.9. The molecule has 0 saturated carbocycles. The van der Waals surface area contributed by atoms with E-state index in [-0.39, 0.29) is 18.0 Å². The van der Waals surface area contributed by atoms with Crippen molar-refractivity contribution in [2.24, 2.45) is 0 Å². The summed E-state index contributed by atoms with van der Waals surface area (Å²) in [6.45, 7) is 0.415. The number of likely N-dealkylation sites (N-methyl/N-ethyl adjacent to an activating group) is 1. The summed E-state index contributed by atoms with van der Waals surface area (Å²) in [6.07, 6.45) is 0. The lowest BCUT2D eigenvalue weighted by Crippen LogP contribution is -2.31. The molecule has 2 rings (SSSR count). The Balaban J connectivity index is 2.03. The largest absolute Gasteiger partial charge is 0.495 e. The molecule has 23 heavy (non-hydrogen) atoms. The van der Waals surface area contributed by atoms with Crippen LogP contribution in [0.2, 0.25) is 5.02 Å². The van der Waals surface area contributed by atoms with Gasteiger partial charge in [-0.1, -0.05) is 29.8 Å². The Hall–Kier alpha value is -1.76. The van der Waals surface area contributed by atoms with Gasteiger partial charge in [0.15, 0.2) is 0 Å². The van der Waals surface area contributed by atoms with Crippen LogP contribution in [0.25, 0.3) is 0 Å². The molecule has 2 aromatic carbocycles. The highest BCUT2D eigenvalue weighted by molar-refractivity contribution is 7.89. The van der Waals surface area contributed by atoms with Crippen molar-refractivity contribution in [3.63, 3.8) is 0 Å². The second-order valence-corrected chi connectivity index (χ2v) is 7.23. The molecule has 0 aliphatic heterocycles. The first kappa shape index (κ1) is 17.6. The minimum Gasteiger partial charge on any atom is -0.495 e. The van der Waals surface area contributed by atoms with E-state index in [0.29, 0.717) is 16.5 Å². The normalized spacial score (nSPS) is 11.5. The van der Waals surface area contributed by atoms with Gasteiger partial charge in [-0.15, -0.1) is 0 Å². The fourth-order valence-electron chi connectivity index (χ4n) is 1.97. The average Bonchev–Trinajstić information content (AvgIpc) is 2.54. The van der Waals surface area contributed by atoms with Crippen molar-refractivity contribution < 1.29 is 17.9 Å². The van der Waals surface area contributed by atoms with E-state index in [1.165, 1.54) is 24.5 Å². The Bertz CT molecular complexity index is 764. The molecule has 7 heteroatoms. The van der Waals surface area contributed by atoms with Gasteiger partial charge in [-0.05, 0) is 30.3 Å². The van der Waals surface area contributed by atoms with Gasteiger partial charge in [0.25, 0.3) is 0 Å². The Labute approximate surface area is 141 Å². The number of halogens is 1. The molecule has 0 aliphatic carbocycles. The fourth-order valence-corrected chi connectivity index (χ4v) is 3.46. The summed E-state index contributed by atoms with van der Waals surface area (Å²) < 4.78 is 37.0. The van der Waals surface area contributed by atoms with Crippen LogP contribution in [-0.4, -0.2) is 40.0 Å². The Morgan fingerprint density at radius 3 is 2.57 bits per heavy atom. The quantitative estimate of drug-likeness (QED) is 0.766. The molecule has 0 atom stereocenters. The first-order valence-corrected chi connectivity index (χ1v) is 8.74. The zero-order valence-corrected chi connectivity index (χ0v) is 14.5. The monoisotopic (exact) mass is 355 g/mol. The fraction of sp³-hybridized carbons (Fsp3) is 0.250. The van der Waals surface area contributed by atoms with E-state index < -0.39 is 10.0 Å². The molecule has 0 amide bonds. The molecule has 0 spiro atoms. The molecule has 2 aromatic rings. The van der Waals surface area contributed by atoms with Crippen LogP contribution in [0.3, 0.4) is 0 Å². The topological polar surface area (TPSA) is 55.8 Å². The van der Waals surface area contributed by atoms with Crippen LogP contribution < -0.4 is 9.47 Å². The second-order valence-electron chi connectivity index (χ2n) is 4.78. The van der Waals surface area contributed by atoms with E-state index in [0.717, 1.165) is 0 Å². The molecule has 0 heterocycles. The van der Waals surface area contributed by atoms with Crippen molar-refractivity contribution in [3.05, 3.63) is 53.6 Å². The van der Waals surface area contributed by atoms with Crippen molar-refractivity contribution in [1.29, 1.82) is 0 Å². The predicted octanol–water partition coefficient (Wildman–Crippen LogP) is 3.05. The van der Waals surface area contributed by atoms with Crippen molar-refractivity contribution in [3.8, 4) is 11.5 Å². The van der Waals surface area contributed by atoms with Gasteiger partial charge in [-0.3, -0.25) is 0 Å². The standard InChI is InChI=1S/C16H18ClNO4S/c1-18(10-11-22-14-7-5-6-13(17)12-14)23(19,20)16-9-4-3-8-15(16)21-2/h3-9,12H,10-11H2,1-2H3. The molecule has 0 N–H and O–H groups in total. The maximum atomic E-state index is 12.6. The number of hydrogen-bond donors (Lipinski definition) is 0. The van der Waals surface area contributed by atoms with Gasteiger partial charge < -0.3 is 9.47 Å².